The lowest BCUT2D eigenvalue weighted by Crippen LogP contribution is -2.32. The first-order valence-electron chi connectivity index (χ1n) is 13.0. The molecule has 4 aromatic rings. The Bertz CT molecular complexity index is 1220. The van der Waals surface area contributed by atoms with Crippen molar-refractivity contribution in [1.82, 2.24) is 0 Å². The molecule has 4 aromatic carbocycles. The standard InChI is InChI=1S/C35H38/c1-33(2,3)27-17-19-29-30-20-18-28(34(4,5)6)22-32(30)35(31(29)21-27,23-25-13-9-7-10-14-25)24-26-15-11-8-12-16-26/h7-22H,23-24H2,1-6H3. The highest BCUT2D eigenvalue weighted by atomic mass is 14.5. The lowest BCUT2D eigenvalue weighted by Gasteiger charge is -2.35. The average Bonchev–Trinajstić information content (AvgIpc) is 3.08. The fourth-order valence-corrected chi connectivity index (χ4v) is 5.76. The van der Waals surface area contributed by atoms with Gasteiger partial charge in [0.25, 0.3) is 0 Å². The molecule has 0 N–H and O–H groups in total. The van der Waals surface area contributed by atoms with Gasteiger partial charge in [0.15, 0.2) is 0 Å². The molecule has 5 rings (SSSR count). The van der Waals surface area contributed by atoms with Crippen LogP contribution in [0, 0.1) is 0 Å². The zero-order valence-electron chi connectivity index (χ0n) is 22.2. The molecule has 35 heavy (non-hydrogen) atoms. The largest absolute Gasteiger partial charge is 0.0622 e. The van der Waals surface area contributed by atoms with E-state index in [0.717, 1.165) is 12.8 Å². The topological polar surface area (TPSA) is 0 Å². The first kappa shape index (κ1) is 23.6. The van der Waals surface area contributed by atoms with Gasteiger partial charge in [-0.2, -0.15) is 0 Å². The van der Waals surface area contributed by atoms with Gasteiger partial charge in [0.05, 0.1) is 0 Å². The normalized spacial score (nSPS) is 14.5. The maximum atomic E-state index is 2.53. The lowest BCUT2D eigenvalue weighted by molar-refractivity contribution is 0.512. The fourth-order valence-electron chi connectivity index (χ4n) is 5.76. The Hall–Kier alpha value is -3.12. The maximum Gasteiger partial charge on any atom is 0.0295 e. The minimum atomic E-state index is -0.115. The van der Waals surface area contributed by atoms with Gasteiger partial charge in [-0.25, -0.2) is 0 Å². The lowest BCUT2D eigenvalue weighted by atomic mass is 9.68. The van der Waals surface area contributed by atoms with E-state index in [1.807, 2.05) is 0 Å². The second-order valence-corrected chi connectivity index (χ2v) is 12.4. The van der Waals surface area contributed by atoms with Crippen molar-refractivity contribution >= 4 is 0 Å². The van der Waals surface area contributed by atoms with Gasteiger partial charge in [-0.15, -0.1) is 0 Å². The average molecular weight is 459 g/mol. The molecule has 0 bridgehead atoms. The van der Waals surface area contributed by atoms with Gasteiger partial charge in [-0.05, 0) is 68.2 Å². The Kier molecular flexibility index (Phi) is 5.75. The van der Waals surface area contributed by atoms with Crippen molar-refractivity contribution in [2.75, 3.05) is 0 Å². The molecule has 0 spiro atoms. The predicted octanol–water partition coefficient (Wildman–Crippen LogP) is 9.03. The minimum Gasteiger partial charge on any atom is -0.0622 e. The van der Waals surface area contributed by atoms with Gasteiger partial charge in [0.2, 0.25) is 0 Å². The first-order valence-corrected chi connectivity index (χ1v) is 13.0. The number of hydrogen-bond donors (Lipinski definition) is 0. The third kappa shape index (κ3) is 4.36. The molecule has 0 radical (unpaired) electrons. The van der Waals surface area contributed by atoms with Crippen LogP contribution in [0.4, 0.5) is 0 Å². The molecule has 0 atom stereocenters. The van der Waals surface area contributed by atoms with Crippen LogP contribution in [-0.2, 0) is 29.1 Å². The summed E-state index contributed by atoms with van der Waals surface area (Å²) in [6, 6.07) is 36.7. The van der Waals surface area contributed by atoms with Crippen LogP contribution < -0.4 is 0 Å². The van der Waals surface area contributed by atoms with Crippen molar-refractivity contribution in [3.05, 3.63) is 130 Å². The molecule has 0 saturated carbocycles. The molecule has 1 aliphatic carbocycles. The molecule has 0 heterocycles. The van der Waals surface area contributed by atoms with E-state index >= 15 is 0 Å². The second kappa shape index (κ2) is 8.52. The highest BCUT2D eigenvalue weighted by Crippen LogP contribution is 2.54. The third-order valence-electron chi connectivity index (χ3n) is 7.79. The SMILES string of the molecule is CC(C)(C)c1ccc2c(c1)C(Cc1ccccc1)(Cc1ccccc1)c1cc(C(C)(C)C)ccc1-2. The molecule has 0 aromatic heterocycles. The summed E-state index contributed by atoms with van der Waals surface area (Å²) < 4.78 is 0. The Morgan fingerprint density at radius 1 is 0.486 bits per heavy atom. The quantitative estimate of drug-likeness (QED) is 0.286. The summed E-state index contributed by atoms with van der Waals surface area (Å²) in [5.74, 6) is 0. The highest BCUT2D eigenvalue weighted by molar-refractivity contribution is 5.82. The molecule has 0 nitrogen and oxygen atoms in total. The van der Waals surface area contributed by atoms with Gasteiger partial charge in [0, 0.05) is 5.41 Å². The molecule has 1 aliphatic rings. The summed E-state index contributed by atoms with van der Waals surface area (Å²) in [4.78, 5) is 0. The Morgan fingerprint density at radius 3 is 1.20 bits per heavy atom. The summed E-state index contributed by atoms with van der Waals surface area (Å²) in [5.41, 5.74) is 11.5. The van der Waals surface area contributed by atoms with Gasteiger partial charge < -0.3 is 0 Å². The van der Waals surface area contributed by atoms with Gasteiger partial charge in [-0.1, -0.05) is 139 Å². The van der Waals surface area contributed by atoms with Crippen LogP contribution >= 0.6 is 0 Å². The summed E-state index contributed by atoms with van der Waals surface area (Å²) in [7, 11) is 0. The predicted molar refractivity (Wildman–Crippen MR) is 150 cm³/mol. The van der Waals surface area contributed by atoms with E-state index in [-0.39, 0.29) is 16.2 Å². The summed E-state index contributed by atoms with van der Waals surface area (Å²) in [6.07, 6.45) is 1.98. The van der Waals surface area contributed by atoms with E-state index in [4.69, 9.17) is 0 Å². The van der Waals surface area contributed by atoms with Crippen LogP contribution in [0.25, 0.3) is 11.1 Å². The molecule has 0 aliphatic heterocycles. The van der Waals surface area contributed by atoms with E-state index in [0.29, 0.717) is 0 Å². The van der Waals surface area contributed by atoms with E-state index in [1.54, 1.807) is 0 Å². The van der Waals surface area contributed by atoms with Crippen LogP contribution in [0.3, 0.4) is 0 Å². The Morgan fingerprint density at radius 2 is 0.857 bits per heavy atom. The van der Waals surface area contributed by atoms with Crippen molar-refractivity contribution < 1.29 is 0 Å². The monoisotopic (exact) mass is 458 g/mol. The summed E-state index contributed by atoms with van der Waals surface area (Å²) in [5, 5.41) is 0. The van der Waals surface area contributed by atoms with Crippen LogP contribution in [0.1, 0.15) is 74.9 Å². The van der Waals surface area contributed by atoms with E-state index in [1.165, 1.54) is 44.5 Å². The molecule has 178 valence electrons. The first-order chi connectivity index (χ1) is 16.6. The van der Waals surface area contributed by atoms with E-state index in [2.05, 4.69) is 139 Å². The van der Waals surface area contributed by atoms with Crippen molar-refractivity contribution in [3.63, 3.8) is 0 Å². The van der Waals surface area contributed by atoms with Crippen LogP contribution in [-0.4, -0.2) is 0 Å². The molecule has 0 unspecified atom stereocenters. The molecule has 0 heteroatoms. The highest BCUT2D eigenvalue weighted by Gasteiger charge is 2.44. The summed E-state index contributed by atoms with van der Waals surface area (Å²) >= 11 is 0. The van der Waals surface area contributed by atoms with E-state index in [9.17, 15) is 0 Å². The van der Waals surface area contributed by atoms with Crippen molar-refractivity contribution in [3.8, 4) is 11.1 Å². The number of rotatable bonds is 4. The van der Waals surface area contributed by atoms with Crippen LogP contribution in [0.15, 0.2) is 97.1 Å². The number of fused-ring (bicyclic) bond motifs is 3. The van der Waals surface area contributed by atoms with Gasteiger partial charge in [0.1, 0.15) is 0 Å². The third-order valence-corrected chi connectivity index (χ3v) is 7.79. The Balaban J connectivity index is 1.82. The van der Waals surface area contributed by atoms with Crippen molar-refractivity contribution in [2.45, 2.75) is 70.6 Å². The van der Waals surface area contributed by atoms with Crippen LogP contribution in [0.5, 0.6) is 0 Å². The molecule has 0 saturated heterocycles. The maximum absolute atomic E-state index is 2.53. The zero-order valence-corrected chi connectivity index (χ0v) is 22.2. The van der Waals surface area contributed by atoms with Gasteiger partial charge in [-0.3, -0.25) is 0 Å². The molecular formula is C35H38. The van der Waals surface area contributed by atoms with Crippen molar-refractivity contribution in [2.24, 2.45) is 0 Å². The molecule has 0 fully saturated rings. The minimum absolute atomic E-state index is 0.103. The zero-order chi connectivity index (χ0) is 24.8. The van der Waals surface area contributed by atoms with E-state index < -0.39 is 0 Å². The molecule has 0 amide bonds. The fraction of sp³-hybridized carbons (Fsp3) is 0.314. The van der Waals surface area contributed by atoms with Crippen LogP contribution in [0.2, 0.25) is 0 Å². The Labute approximate surface area is 212 Å². The smallest absolute Gasteiger partial charge is 0.0295 e. The van der Waals surface area contributed by atoms with Crippen molar-refractivity contribution in [1.29, 1.82) is 0 Å². The van der Waals surface area contributed by atoms with Gasteiger partial charge >= 0.3 is 0 Å². The molecular weight excluding hydrogens is 420 g/mol. The summed E-state index contributed by atoms with van der Waals surface area (Å²) in [6.45, 7) is 13.9. The number of hydrogen-bond acceptors (Lipinski definition) is 0. The number of benzene rings is 4. The second-order valence-electron chi connectivity index (χ2n) is 12.4.